The van der Waals surface area contributed by atoms with Gasteiger partial charge in [-0.1, -0.05) is 6.07 Å². The molecule has 0 radical (unpaired) electrons. The van der Waals surface area contributed by atoms with Gasteiger partial charge in [0.2, 0.25) is 10.0 Å². The summed E-state index contributed by atoms with van der Waals surface area (Å²) in [6.07, 6.45) is 3.18. The van der Waals surface area contributed by atoms with Gasteiger partial charge in [-0.2, -0.15) is 0 Å². The zero-order valence-corrected chi connectivity index (χ0v) is 13.9. The number of morpholine rings is 1. The van der Waals surface area contributed by atoms with E-state index in [2.05, 4.69) is 9.62 Å². The van der Waals surface area contributed by atoms with Gasteiger partial charge in [0.05, 0.1) is 18.1 Å². The Labute approximate surface area is 132 Å². The van der Waals surface area contributed by atoms with E-state index in [1.807, 2.05) is 19.1 Å². The maximum atomic E-state index is 12.5. The summed E-state index contributed by atoms with van der Waals surface area (Å²) in [5.74, 6) is 0. The van der Waals surface area contributed by atoms with Crippen molar-refractivity contribution < 1.29 is 13.2 Å². The number of hydrogen-bond acceptors (Lipinski definition) is 4. The molecule has 5 nitrogen and oxygen atoms in total. The van der Waals surface area contributed by atoms with E-state index >= 15 is 0 Å². The zero-order chi connectivity index (χ0) is 15.6. The lowest BCUT2D eigenvalue weighted by Crippen LogP contribution is -2.45. The van der Waals surface area contributed by atoms with Crippen molar-refractivity contribution in [2.75, 3.05) is 32.8 Å². The van der Waals surface area contributed by atoms with Gasteiger partial charge in [-0.05, 0) is 49.4 Å². The average Bonchev–Trinajstić information content (AvgIpc) is 2.95. The van der Waals surface area contributed by atoms with Crippen LogP contribution in [0.1, 0.15) is 24.5 Å². The molecule has 1 aromatic carbocycles. The van der Waals surface area contributed by atoms with Gasteiger partial charge in [-0.3, -0.25) is 4.90 Å². The minimum atomic E-state index is -3.44. The predicted molar refractivity (Wildman–Crippen MR) is 85.5 cm³/mol. The summed E-state index contributed by atoms with van der Waals surface area (Å²) in [5.41, 5.74) is 2.48. The second-order valence-electron chi connectivity index (χ2n) is 6.22. The molecule has 1 heterocycles. The third-order valence-electron chi connectivity index (χ3n) is 4.37. The van der Waals surface area contributed by atoms with Crippen LogP contribution < -0.4 is 4.72 Å². The van der Waals surface area contributed by atoms with Crippen molar-refractivity contribution in [3.05, 3.63) is 29.3 Å². The van der Waals surface area contributed by atoms with Crippen LogP contribution in [0.2, 0.25) is 0 Å². The molecule has 2 aliphatic rings. The van der Waals surface area contributed by atoms with Crippen molar-refractivity contribution in [3.63, 3.8) is 0 Å². The Balaban J connectivity index is 1.65. The van der Waals surface area contributed by atoms with Gasteiger partial charge in [0, 0.05) is 25.7 Å². The summed E-state index contributed by atoms with van der Waals surface area (Å²) >= 11 is 0. The van der Waals surface area contributed by atoms with Gasteiger partial charge in [0.15, 0.2) is 0 Å². The number of ether oxygens (including phenoxy) is 1. The number of hydrogen-bond donors (Lipinski definition) is 1. The van der Waals surface area contributed by atoms with Crippen molar-refractivity contribution in [1.82, 2.24) is 9.62 Å². The standard InChI is InChI=1S/C16H24N2O3S/c1-13(12-18-7-9-21-10-8-18)17-22(19,20)16-6-5-14-3-2-4-15(14)11-16/h5-6,11,13,17H,2-4,7-10,12H2,1H3/t13-/m0/s1. The minimum Gasteiger partial charge on any atom is -0.379 e. The number of fused-ring (bicyclic) bond motifs is 1. The first kappa shape index (κ1) is 15.9. The van der Waals surface area contributed by atoms with E-state index in [-0.39, 0.29) is 6.04 Å². The van der Waals surface area contributed by atoms with E-state index in [0.717, 1.165) is 45.6 Å². The fourth-order valence-corrected chi connectivity index (χ4v) is 4.54. The van der Waals surface area contributed by atoms with Crippen LogP contribution in [0, 0.1) is 0 Å². The van der Waals surface area contributed by atoms with Crippen molar-refractivity contribution in [3.8, 4) is 0 Å². The van der Waals surface area contributed by atoms with E-state index < -0.39 is 10.0 Å². The molecule has 6 heteroatoms. The molecule has 1 saturated heterocycles. The molecule has 3 rings (SSSR count). The average molecular weight is 324 g/mol. The maximum Gasteiger partial charge on any atom is 0.240 e. The highest BCUT2D eigenvalue weighted by molar-refractivity contribution is 7.89. The van der Waals surface area contributed by atoms with Gasteiger partial charge in [-0.15, -0.1) is 0 Å². The van der Waals surface area contributed by atoms with Crippen molar-refractivity contribution in [1.29, 1.82) is 0 Å². The minimum absolute atomic E-state index is 0.114. The third kappa shape index (κ3) is 3.68. The first-order chi connectivity index (χ1) is 10.5. The van der Waals surface area contributed by atoms with Crippen LogP contribution >= 0.6 is 0 Å². The van der Waals surface area contributed by atoms with Gasteiger partial charge >= 0.3 is 0 Å². The van der Waals surface area contributed by atoms with Gasteiger partial charge in [-0.25, -0.2) is 13.1 Å². The summed E-state index contributed by atoms with van der Waals surface area (Å²) in [4.78, 5) is 2.63. The number of aryl methyl sites for hydroxylation is 2. The van der Waals surface area contributed by atoms with E-state index in [4.69, 9.17) is 4.74 Å². The van der Waals surface area contributed by atoms with Crippen LogP contribution in [-0.2, 0) is 27.6 Å². The van der Waals surface area contributed by atoms with Crippen LogP contribution in [0.4, 0.5) is 0 Å². The van der Waals surface area contributed by atoms with Crippen LogP contribution in [0.15, 0.2) is 23.1 Å². The van der Waals surface area contributed by atoms with Crippen LogP contribution in [-0.4, -0.2) is 52.2 Å². The van der Waals surface area contributed by atoms with Crippen molar-refractivity contribution in [2.24, 2.45) is 0 Å². The van der Waals surface area contributed by atoms with Crippen molar-refractivity contribution >= 4 is 10.0 Å². The summed E-state index contributed by atoms with van der Waals surface area (Å²) in [6, 6.07) is 5.42. The first-order valence-electron chi connectivity index (χ1n) is 7.99. The molecule has 1 fully saturated rings. The van der Waals surface area contributed by atoms with E-state index in [9.17, 15) is 8.42 Å². The smallest absolute Gasteiger partial charge is 0.240 e. The van der Waals surface area contributed by atoms with Gasteiger partial charge < -0.3 is 4.74 Å². The number of nitrogens with zero attached hydrogens (tertiary/aromatic N) is 1. The number of rotatable bonds is 5. The summed E-state index contributed by atoms with van der Waals surface area (Å²) in [7, 11) is -3.44. The zero-order valence-electron chi connectivity index (χ0n) is 13.0. The largest absolute Gasteiger partial charge is 0.379 e. The lowest BCUT2D eigenvalue weighted by molar-refractivity contribution is 0.0354. The molecule has 0 aromatic heterocycles. The lowest BCUT2D eigenvalue weighted by Gasteiger charge is -2.29. The Morgan fingerprint density at radius 2 is 1.95 bits per heavy atom. The fraction of sp³-hybridized carbons (Fsp3) is 0.625. The van der Waals surface area contributed by atoms with E-state index in [1.165, 1.54) is 11.1 Å². The monoisotopic (exact) mass is 324 g/mol. The Hall–Kier alpha value is -0.950. The molecule has 1 aliphatic carbocycles. The Morgan fingerprint density at radius 3 is 2.73 bits per heavy atom. The SMILES string of the molecule is C[C@@H](CN1CCOCC1)NS(=O)(=O)c1ccc2c(c1)CCC2. The van der Waals surface area contributed by atoms with Crippen molar-refractivity contribution in [2.45, 2.75) is 37.1 Å². The second kappa shape index (κ2) is 6.66. The second-order valence-corrected chi connectivity index (χ2v) is 7.93. The molecule has 1 atom stereocenters. The molecule has 0 unspecified atom stereocenters. The summed E-state index contributed by atoms with van der Waals surface area (Å²) in [6.45, 7) is 5.82. The quantitative estimate of drug-likeness (QED) is 0.883. The van der Waals surface area contributed by atoms with Gasteiger partial charge in [0.25, 0.3) is 0 Å². The molecule has 0 saturated carbocycles. The molecule has 1 N–H and O–H groups in total. The highest BCUT2D eigenvalue weighted by Crippen LogP contribution is 2.24. The number of nitrogens with one attached hydrogen (secondary N) is 1. The summed E-state index contributed by atoms with van der Waals surface area (Å²) in [5, 5.41) is 0. The molecule has 0 spiro atoms. The molecule has 1 aliphatic heterocycles. The Kier molecular flexibility index (Phi) is 4.82. The predicted octanol–water partition coefficient (Wildman–Crippen LogP) is 1.17. The van der Waals surface area contributed by atoms with Crippen LogP contribution in [0.3, 0.4) is 0 Å². The molecule has 0 amide bonds. The summed E-state index contributed by atoms with van der Waals surface area (Å²) < 4.78 is 33.2. The fourth-order valence-electron chi connectivity index (χ4n) is 3.26. The van der Waals surface area contributed by atoms with Crippen LogP contribution in [0.5, 0.6) is 0 Å². The maximum absolute atomic E-state index is 12.5. The number of sulfonamides is 1. The van der Waals surface area contributed by atoms with Crippen LogP contribution in [0.25, 0.3) is 0 Å². The topological polar surface area (TPSA) is 58.6 Å². The molecular weight excluding hydrogens is 300 g/mol. The highest BCUT2D eigenvalue weighted by atomic mass is 32.2. The lowest BCUT2D eigenvalue weighted by atomic mass is 10.1. The van der Waals surface area contributed by atoms with Gasteiger partial charge in [0.1, 0.15) is 0 Å². The van der Waals surface area contributed by atoms with E-state index in [0.29, 0.717) is 11.4 Å². The molecule has 1 aromatic rings. The molecule has 0 bridgehead atoms. The third-order valence-corrected chi connectivity index (χ3v) is 5.96. The Bertz CT molecular complexity index is 624. The molecular formula is C16H24N2O3S. The number of benzene rings is 1. The molecule has 122 valence electrons. The normalized spacial score (nSPS) is 20.8. The Morgan fingerprint density at radius 1 is 1.23 bits per heavy atom. The van der Waals surface area contributed by atoms with E-state index in [1.54, 1.807) is 6.07 Å². The first-order valence-corrected chi connectivity index (χ1v) is 9.47. The molecule has 22 heavy (non-hydrogen) atoms. The highest BCUT2D eigenvalue weighted by Gasteiger charge is 2.22.